The number of hydrogen-bond acceptors (Lipinski definition) is 8. The fraction of sp³-hybridized carbons (Fsp3) is 0.192. The largest absolute Gasteiger partial charge is 0.507 e. The Kier molecular flexibility index (Phi) is 19.1. The number of carbonyl (C=O) groups excluding carboxylic acids is 1. The number of aldehydes is 1. The number of carboxylic acids is 3. The van der Waals surface area contributed by atoms with Crippen LogP contribution in [0.1, 0.15) is 67.7 Å². The summed E-state index contributed by atoms with van der Waals surface area (Å²) in [6.07, 6.45) is 4.40. The normalized spacial score (nSPS) is 10.3. The minimum atomic E-state index is -1.31. The van der Waals surface area contributed by atoms with E-state index in [9.17, 15) is 34.5 Å². The monoisotopic (exact) mass is 854 g/mol. The van der Waals surface area contributed by atoms with Crippen LogP contribution in [-0.4, -0.2) is 66.5 Å². The standard InChI is InChI=1S/C17H16O3.C17H20O2.C15H14O2.C3H4O4/c1-11-9-15(10-12(2)17(11)20)14-6-3-13(4-7-14)5-8-16(18)19;1-12-10-16(11-13(2)17(12)19)15-7-5-14(6-8-15)4-3-9-18;1-10-7-14(8-11(2)15(10)17)13-5-3-12(9-16)4-6-13;4-2(5)1-3(6)7/h3-10,20H,1-2H3,(H,18,19);5-8,10-11,18-19H,3-4,9H2,1-2H3;3-9,17H,1-2H3;1H2,(H,4,5)(H,6,7)/b8-5+;;;. The van der Waals surface area contributed by atoms with E-state index in [1.807, 2.05) is 114 Å². The molecule has 0 aliphatic carbocycles. The topological polar surface area (TPSA) is 210 Å². The molecule has 6 aromatic carbocycles. The van der Waals surface area contributed by atoms with Crippen molar-refractivity contribution >= 4 is 30.3 Å². The van der Waals surface area contributed by atoms with E-state index in [1.165, 1.54) is 5.56 Å². The van der Waals surface area contributed by atoms with Gasteiger partial charge in [-0.15, -0.1) is 0 Å². The molecule has 0 fully saturated rings. The summed E-state index contributed by atoms with van der Waals surface area (Å²) >= 11 is 0. The zero-order valence-electron chi connectivity index (χ0n) is 36.2. The number of aryl methyl sites for hydroxylation is 7. The lowest BCUT2D eigenvalue weighted by Crippen LogP contribution is -2.03. The summed E-state index contributed by atoms with van der Waals surface area (Å²) in [6, 6.07) is 35.2. The average Bonchev–Trinajstić information content (AvgIpc) is 3.25. The van der Waals surface area contributed by atoms with Crippen molar-refractivity contribution < 1.29 is 54.9 Å². The maximum atomic E-state index is 10.6. The molecule has 6 rings (SSSR count). The van der Waals surface area contributed by atoms with Gasteiger partial charge in [0.2, 0.25) is 0 Å². The van der Waals surface area contributed by atoms with Crippen molar-refractivity contribution in [1.29, 1.82) is 0 Å². The molecule has 0 heterocycles. The first kappa shape index (κ1) is 49.9. The third kappa shape index (κ3) is 15.8. The minimum Gasteiger partial charge on any atom is -0.507 e. The van der Waals surface area contributed by atoms with E-state index < -0.39 is 24.3 Å². The van der Waals surface area contributed by atoms with Crippen LogP contribution >= 0.6 is 0 Å². The highest BCUT2D eigenvalue weighted by atomic mass is 16.4. The van der Waals surface area contributed by atoms with E-state index in [0.717, 1.165) is 97.5 Å². The molecule has 0 spiro atoms. The highest BCUT2D eigenvalue weighted by molar-refractivity contribution is 5.89. The van der Waals surface area contributed by atoms with Crippen molar-refractivity contribution in [2.75, 3.05) is 6.61 Å². The molecule has 0 saturated carbocycles. The number of hydrogen-bond donors (Lipinski definition) is 7. The predicted octanol–water partition coefficient (Wildman–Crippen LogP) is 10.4. The van der Waals surface area contributed by atoms with Crippen LogP contribution < -0.4 is 0 Å². The van der Waals surface area contributed by atoms with Crippen LogP contribution in [0.5, 0.6) is 17.2 Å². The Morgan fingerprint density at radius 1 is 0.476 bits per heavy atom. The molecule has 0 aromatic heterocycles. The van der Waals surface area contributed by atoms with Gasteiger partial charge in [-0.1, -0.05) is 72.8 Å². The second-order valence-electron chi connectivity index (χ2n) is 14.9. The molecule has 328 valence electrons. The van der Waals surface area contributed by atoms with Crippen molar-refractivity contribution in [3.05, 3.63) is 165 Å². The summed E-state index contributed by atoms with van der Waals surface area (Å²) in [6.45, 7) is 11.6. The van der Waals surface area contributed by atoms with Crippen molar-refractivity contribution in [3.63, 3.8) is 0 Å². The fourth-order valence-corrected chi connectivity index (χ4v) is 6.35. The van der Waals surface area contributed by atoms with Crippen molar-refractivity contribution in [2.45, 2.75) is 60.8 Å². The zero-order chi connectivity index (χ0) is 46.8. The summed E-state index contributed by atoms with van der Waals surface area (Å²) in [7, 11) is 0. The number of carbonyl (C=O) groups is 4. The van der Waals surface area contributed by atoms with Crippen LogP contribution in [-0.2, 0) is 20.8 Å². The second-order valence-corrected chi connectivity index (χ2v) is 14.9. The Morgan fingerprint density at radius 2 is 0.794 bits per heavy atom. The number of phenols is 3. The van der Waals surface area contributed by atoms with E-state index >= 15 is 0 Å². The molecule has 63 heavy (non-hydrogen) atoms. The van der Waals surface area contributed by atoms with E-state index in [1.54, 1.807) is 18.2 Å². The van der Waals surface area contributed by atoms with Gasteiger partial charge in [0.15, 0.2) is 0 Å². The lowest BCUT2D eigenvalue weighted by Gasteiger charge is -2.09. The first-order valence-corrected chi connectivity index (χ1v) is 19.9. The number of benzene rings is 6. The number of aliphatic hydroxyl groups excluding tert-OH is 1. The molecule has 0 radical (unpaired) electrons. The lowest BCUT2D eigenvalue weighted by atomic mass is 9.98. The van der Waals surface area contributed by atoms with Gasteiger partial charge in [0.25, 0.3) is 0 Å². The molecule has 0 atom stereocenters. The van der Waals surface area contributed by atoms with Crippen LogP contribution in [0.4, 0.5) is 0 Å². The first-order valence-electron chi connectivity index (χ1n) is 19.9. The Balaban J connectivity index is 0.000000234. The molecule has 0 aliphatic rings. The predicted molar refractivity (Wildman–Crippen MR) is 246 cm³/mol. The molecule has 0 aliphatic heterocycles. The molecule has 0 amide bonds. The molecule has 11 nitrogen and oxygen atoms in total. The van der Waals surface area contributed by atoms with Crippen molar-refractivity contribution in [1.82, 2.24) is 0 Å². The number of carboxylic acid groups (broad SMARTS) is 3. The number of aliphatic hydroxyl groups is 1. The smallest absolute Gasteiger partial charge is 0.328 e. The van der Waals surface area contributed by atoms with Gasteiger partial charge >= 0.3 is 17.9 Å². The summed E-state index contributed by atoms with van der Waals surface area (Å²) < 4.78 is 0. The molecule has 6 aromatic rings. The van der Waals surface area contributed by atoms with Gasteiger partial charge in [0.05, 0.1) is 0 Å². The number of phenolic OH excluding ortho intramolecular Hbond substituents is 3. The van der Waals surface area contributed by atoms with Crippen LogP contribution in [0.2, 0.25) is 0 Å². The molecule has 11 heteroatoms. The maximum Gasteiger partial charge on any atom is 0.328 e. The number of aliphatic carboxylic acids is 3. The average molecular weight is 855 g/mol. The molecular weight excluding hydrogens is 801 g/mol. The Morgan fingerprint density at radius 3 is 1.06 bits per heavy atom. The molecule has 7 N–H and O–H groups in total. The first-order chi connectivity index (χ1) is 29.8. The lowest BCUT2D eigenvalue weighted by molar-refractivity contribution is -0.147. The van der Waals surface area contributed by atoms with Gasteiger partial charge in [-0.05, 0) is 175 Å². The molecular formula is C52H54O11. The summed E-state index contributed by atoms with van der Waals surface area (Å²) in [5.41, 5.74) is 14.4. The third-order valence-electron chi connectivity index (χ3n) is 9.73. The van der Waals surface area contributed by atoms with Crippen molar-refractivity contribution in [2.24, 2.45) is 0 Å². The van der Waals surface area contributed by atoms with Gasteiger partial charge in [-0.25, -0.2) is 4.79 Å². The molecule has 0 unspecified atom stereocenters. The van der Waals surface area contributed by atoms with E-state index in [4.69, 9.17) is 20.4 Å². The third-order valence-corrected chi connectivity index (χ3v) is 9.73. The van der Waals surface area contributed by atoms with Gasteiger partial charge in [0.1, 0.15) is 30.0 Å². The zero-order valence-corrected chi connectivity index (χ0v) is 36.2. The second kappa shape index (κ2) is 24.1. The van der Waals surface area contributed by atoms with Crippen LogP contribution in [0, 0.1) is 41.5 Å². The highest BCUT2D eigenvalue weighted by Gasteiger charge is 2.08. The van der Waals surface area contributed by atoms with Crippen molar-refractivity contribution in [3.8, 4) is 50.6 Å². The SMILES string of the molecule is Cc1cc(-c2ccc(/C=C/C(=O)O)cc2)cc(C)c1O.Cc1cc(-c2ccc(C=O)cc2)cc(C)c1O.Cc1cc(-c2ccc(CCCO)cc2)cc(C)c1O.O=C(O)CC(=O)O. The fourth-order valence-electron chi connectivity index (χ4n) is 6.35. The summed E-state index contributed by atoms with van der Waals surface area (Å²) in [4.78, 5) is 39.9. The van der Waals surface area contributed by atoms with Gasteiger partial charge < -0.3 is 35.7 Å². The highest BCUT2D eigenvalue weighted by Crippen LogP contribution is 2.31. The van der Waals surface area contributed by atoms with Gasteiger partial charge in [-0.3, -0.25) is 14.4 Å². The maximum absolute atomic E-state index is 10.6. The summed E-state index contributed by atoms with van der Waals surface area (Å²) in [5.74, 6) is -2.53. The summed E-state index contributed by atoms with van der Waals surface area (Å²) in [5, 5.41) is 62.1. The van der Waals surface area contributed by atoms with Crippen LogP contribution in [0.3, 0.4) is 0 Å². The van der Waals surface area contributed by atoms with E-state index in [2.05, 4.69) is 24.3 Å². The van der Waals surface area contributed by atoms with E-state index in [-0.39, 0.29) is 6.61 Å². The quantitative estimate of drug-likeness (QED) is 0.0370. The van der Waals surface area contributed by atoms with Gasteiger partial charge in [0, 0.05) is 18.2 Å². The molecule has 0 bridgehead atoms. The number of aromatic hydroxyl groups is 3. The molecule has 0 saturated heterocycles. The number of rotatable bonds is 11. The van der Waals surface area contributed by atoms with Crippen LogP contribution in [0.25, 0.3) is 39.5 Å². The Hall–Kier alpha value is -7.50. The van der Waals surface area contributed by atoms with Gasteiger partial charge in [-0.2, -0.15) is 0 Å². The van der Waals surface area contributed by atoms with E-state index in [0.29, 0.717) is 22.8 Å². The Labute approximate surface area is 367 Å². The van der Waals surface area contributed by atoms with Crippen LogP contribution in [0.15, 0.2) is 115 Å². The Bertz CT molecular complexity index is 2450. The minimum absolute atomic E-state index is 0.234.